The molecule has 80 heavy (non-hydrogen) atoms. The quantitative estimate of drug-likeness (QED) is 0.162. The predicted molar refractivity (Wildman–Crippen MR) is 334 cm³/mol. The van der Waals surface area contributed by atoms with Gasteiger partial charge in [0.05, 0.1) is 27.6 Å². The predicted octanol–water partition coefficient (Wildman–Crippen LogP) is 19.8. The number of nitrogens with zero attached hydrogens (tertiary/aromatic N) is 4. The average molecular weight is 1230 g/mol. The summed E-state index contributed by atoms with van der Waals surface area (Å²) in [5.41, 5.74) is 19.4. The van der Waals surface area contributed by atoms with Crippen LogP contribution < -0.4 is 0 Å². The molecule has 408 valence electrons. The zero-order valence-corrected chi connectivity index (χ0v) is 51.6. The van der Waals surface area contributed by atoms with Gasteiger partial charge in [-0.15, -0.1) is 23.8 Å². The van der Waals surface area contributed by atoms with Crippen LogP contribution in [-0.4, -0.2) is 24.2 Å². The molecule has 8 aromatic carbocycles. The van der Waals surface area contributed by atoms with Crippen LogP contribution in [0.1, 0.15) is 132 Å². The molecule has 0 saturated carbocycles. The summed E-state index contributed by atoms with van der Waals surface area (Å²) in [7, 11) is 0. The van der Waals surface area contributed by atoms with Gasteiger partial charge in [0.1, 0.15) is 11.6 Å². The van der Waals surface area contributed by atoms with Crippen LogP contribution in [0, 0.1) is 6.07 Å². The second-order valence-corrected chi connectivity index (χ2v) is 27.0. The summed E-state index contributed by atoms with van der Waals surface area (Å²) in [6.45, 7) is 33.9. The summed E-state index contributed by atoms with van der Waals surface area (Å²) in [5, 5.41) is 15.2. The van der Waals surface area contributed by atoms with Crippen molar-refractivity contribution in [2.24, 2.45) is 0 Å². The van der Waals surface area contributed by atoms with Crippen LogP contribution in [-0.2, 0) is 48.1 Å². The van der Waals surface area contributed by atoms with Gasteiger partial charge in [-0.1, -0.05) is 230 Å². The van der Waals surface area contributed by atoms with Gasteiger partial charge >= 0.3 is 0 Å². The number of fused-ring (bicyclic) bond motifs is 4. The van der Waals surface area contributed by atoms with Crippen LogP contribution in [0.2, 0.25) is 0 Å². The van der Waals surface area contributed by atoms with Gasteiger partial charge in [-0.25, -0.2) is 4.98 Å². The van der Waals surface area contributed by atoms with Crippen molar-refractivity contribution in [1.82, 2.24) is 19.1 Å². The molecule has 0 unspecified atom stereocenters. The number of para-hydroxylation sites is 3. The van der Waals surface area contributed by atoms with Crippen molar-refractivity contribution >= 4 is 32.8 Å². The van der Waals surface area contributed by atoms with E-state index in [1.165, 1.54) is 21.9 Å². The largest absolute Gasteiger partial charge is 0.507 e. The van der Waals surface area contributed by atoms with Crippen molar-refractivity contribution in [1.29, 1.82) is 0 Å². The van der Waals surface area contributed by atoms with Gasteiger partial charge in [-0.3, -0.25) is 9.55 Å². The monoisotopic (exact) mass is 1230 g/mol. The minimum absolute atomic E-state index is 0. The Kier molecular flexibility index (Phi) is 14.2. The molecular weight excluding hydrogens is 1160 g/mol. The first-order valence-corrected chi connectivity index (χ1v) is 28.0. The number of aromatic hydroxyl groups is 1. The molecule has 11 aromatic rings. The third kappa shape index (κ3) is 10.4. The van der Waals surface area contributed by atoms with Crippen LogP contribution in [0.15, 0.2) is 176 Å². The molecule has 11 rings (SSSR count). The van der Waals surface area contributed by atoms with Crippen molar-refractivity contribution in [3.05, 3.63) is 210 Å². The van der Waals surface area contributed by atoms with Crippen LogP contribution in [0.5, 0.6) is 5.75 Å². The summed E-state index contributed by atoms with van der Waals surface area (Å²) in [4.78, 5) is 11.0. The zero-order valence-electron chi connectivity index (χ0n) is 49.3. The smallest absolute Gasteiger partial charge is 0.148 e. The number of phenolic OH excluding ortho intramolecular Hbond substituents is 1. The van der Waals surface area contributed by atoms with Crippen molar-refractivity contribution in [2.45, 2.75) is 131 Å². The Labute approximate surface area is 489 Å². The molecule has 0 atom stereocenters. The fourth-order valence-electron chi connectivity index (χ4n) is 11.2. The third-order valence-corrected chi connectivity index (χ3v) is 15.9. The molecule has 0 bridgehead atoms. The molecule has 0 spiro atoms. The first-order chi connectivity index (χ1) is 37.2. The van der Waals surface area contributed by atoms with Crippen LogP contribution in [0.25, 0.3) is 100 Å². The van der Waals surface area contributed by atoms with E-state index < -0.39 is 0 Å². The van der Waals surface area contributed by atoms with Gasteiger partial charge in [-0.2, -0.15) is 0 Å². The number of hydrogen-bond acceptors (Lipinski definition) is 3. The van der Waals surface area contributed by atoms with E-state index in [9.17, 15) is 5.11 Å². The molecule has 0 aliphatic heterocycles. The number of aromatic nitrogens is 4. The second-order valence-electron chi connectivity index (χ2n) is 27.0. The van der Waals surface area contributed by atoms with E-state index in [0.717, 1.165) is 94.8 Å². The van der Waals surface area contributed by atoms with Gasteiger partial charge < -0.3 is 9.67 Å². The van der Waals surface area contributed by atoms with Crippen LogP contribution in [0.3, 0.4) is 0 Å². The maximum absolute atomic E-state index is 12.8. The molecule has 6 heteroatoms. The number of pyridine rings is 1. The Morgan fingerprint density at radius 3 is 1.61 bits per heavy atom. The minimum Gasteiger partial charge on any atom is -0.507 e. The van der Waals surface area contributed by atoms with Crippen molar-refractivity contribution < 1.29 is 26.2 Å². The van der Waals surface area contributed by atoms with Gasteiger partial charge in [0.25, 0.3) is 0 Å². The topological polar surface area (TPSA) is 55.9 Å². The summed E-state index contributed by atoms with van der Waals surface area (Å²) in [6.07, 6.45) is 1.94. The standard InChI is InChI=1S/C74H75N4O.Pt/c1-70(2,3)51-39-52(71(4,5)6)41-56(40-51)78-65-45-54(73(10,11)12)42-60(66(65)76-69(78)61-43-53(72(7,8)9)44-62(68(61)79)74(13,14)15)49-35-48(46-25-18-16-19-26-46)36-50(37-49)63-38-47(33-34-75-63)57-30-24-31-59-58-29-22-23-32-64(58)77(67(57)59)55-27-20-17-21-28-55;/h16-36,38-45,79H,1-15H3;/q-1;. The molecule has 0 aliphatic carbocycles. The van der Waals surface area contributed by atoms with Crippen LogP contribution in [0.4, 0.5) is 0 Å². The Hall–Kier alpha value is -7.33. The fourth-order valence-corrected chi connectivity index (χ4v) is 11.2. The number of benzene rings is 8. The summed E-state index contributed by atoms with van der Waals surface area (Å²) >= 11 is 0. The summed E-state index contributed by atoms with van der Waals surface area (Å²) in [5.74, 6) is 0.946. The number of imidazole rings is 1. The maximum atomic E-state index is 12.8. The molecule has 0 aliphatic rings. The van der Waals surface area contributed by atoms with E-state index >= 15 is 0 Å². The molecule has 3 aromatic heterocycles. The van der Waals surface area contributed by atoms with Gasteiger partial charge in [0.2, 0.25) is 0 Å². The molecule has 0 fully saturated rings. The Balaban J connectivity index is 0.00000720. The first-order valence-electron chi connectivity index (χ1n) is 28.0. The van der Waals surface area contributed by atoms with E-state index in [4.69, 9.17) is 9.97 Å². The third-order valence-electron chi connectivity index (χ3n) is 15.9. The number of hydrogen-bond donors (Lipinski definition) is 1. The van der Waals surface area contributed by atoms with E-state index in [0.29, 0.717) is 11.4 Å². The Morgan fingerprint density at radius 1 is 0.412 bits per heavy atom. The maximum Gasteiger partial charge on any atom is 0.148 e. The van der Waals surface area contributed by atoms with E-state index in [-0.39, 0.29) is 53.9 Å². The van der Waals surface area contributed by atoms with Crippen LogP contribution >= 0.6 is 0 Å². The van der Waals surface area contributed by atoms with Crippen molar-refractivity contribution in [3.8, 4) is 73.2 Å². The average Bonchev–Trinajstić information content (AvgIpc) is 4.11. The van der Waals surface area contributed by atoms with E-state index in [1.807, 2.05) is 6.20 Å². The molecule has 3 heterocycles. The second kappa shape index (κ2) is 20.3. The summed E-state index contributed by atoms with van der Waals surface area (Å²) < 4.78 is 4.74. The van der Waals surface area contributed by atoms with E-state index in [2.05, 4.69) is 289 Å². The molecular formula is C74H75N4OPt-. The fraction of sp³-hybridized carbons (Fsp3) is 0.270. The van der Waals surface area contributed by atoms with Crippen molar-refractivity contribution in [2.75, 3.05) is 0 Å². The Bertz CT molecular complexity index is 4110. The van der Waals surface area contributed by atoms with Gasteiger partial charge in [-0.05, 0) is 109 Å². The number of rotatable bonds is 7. The summed E-state index contributed by atoms with van der Waals surface area (Å²) in [6, 6.07) is 65.6. The first kappa shape index (κ1) is 56.0. The minimum atomic E-state index is -0.353. The normalized spacial score (nSPS) is 12.6. The van der Waals surface area contributed by atoms with Gasteiger partial charge in [0.15, 0.2) is 0 Å². The zero-order chi connectivity index (χ0) is 56.1. The number of phenols is 1. The molecule has 1 N–H and O–H groups in total. The molecule has 0 saturated heterocycles. The molecule has 0 radical (unpaired) electrons. The van der Waals surface area contributed by atoms with Gasteiger partial charge in [0, 0.05) is 66.2 Å². The SMILES string of the molecule is CC(C)(C)c1cc(-n2c(-c3cc(C(C)(C)C)cc(C(C)(C)C)c3O)nc3c(-c4[c-]c(-c5cc(-c6cccc7c8ccccc8n(-c8ccccc8)c67)ccn5)cc(-c5ccccc5)c4)cc(C(C)(C)C)cc32)cc(C(C)(C)C)c1.[Pt]. The molecule has 0 amide bonds. The van der Waals surface area contributed by atoms with E-state index in [1.54, 1.807) is 0 Å². The molecule has 5 nitrogen and oxygen atoms in total. The van der Waals surface area contributed by atoms with Crippen molar-refractivity contribution in [3.63, 3.8) is 0 Å². The Morgan fingerprint density at radius 2 is 0.975 bits per heavy atom.